The zero-order chi connectivity index (χ0) is 19.2. The van der Waals surface area contributed by atoms with Gasteiger partial charge in [-0.05, 0) is 32.8 Å². The van der Waals surface area contributed by atoms with E-state index in [0.29, 0.717) is 25.0 Å². The van der Waals surface area contributed by atoms with Crippen LogP contribution >= 0.6 is 15.9 Å². The Morgan fingerprint density at radius 1 is 1.27 bits per heavy atom. The van der Waals surface area contributed by atoms with Gasteiger partial charge in [-0.2, -0.15) is 0 Å². The number of carbonyl (C=O) groups excluding carboxylic acids is 2. The first-order chi connectivity index (χ1) is 12.2. The van der Waals surface area contributed by atoms with E-state index in [1.807, 2.05) is 51.1 Å². The van der Waals surface area contributed by atoms with E-state index < -0.39 is 11.7 Å². The molecule has 2 rings (SSSR count). The Morgan fingerprint density at radius 3 is 2.58 bits per heavy atom. The van der Waals surface area contributed by atoms with Crippen LogP contribution in [-0.4, -0.2) is 47.7 Å². The van der Waals surface area contributed by atoms with Gasteiger partial charge in [0, 0.05) is 30.4 Å². The van der Waals surface area contributed by atoms with Crippen LogP contribution in [0.25, 0.3) is 0 Å². The molecule has 1 N–H and O–H groups in total. The largest absolute Gasteiger partial charge is 0.445 e. The average molecular weight is 427 g/mol. The summed E-state index contributed by atoms with van der Waals surface area (Å²) in [6.07, 6.45) is 0.0194. The van der Waals surface area contributed by atoms with Gasteiger partial charge in [0.15, 0.2) is 0 Å². The Balaban J connectivity index is 1.83. The quantitative estimate of drug-likeness (QED) is 0.723. The molecule has 1 aliphatic heterocycles. The van der Waals surface area contributed by atoms with Crippen LogP contribution in [0.4, 0.5) is 9.59 Å². The fourth-order valence-electron chi connectivity index (χ4n) is 2.78. The van der Waals surface area contributed by atoms with E-state index in [9.17, 15) is 9.59 Å². The number of benzene rings is 1. The van der Waals surface area contributed by atoms with Crippen LogP contribution in [0.2, 0.25) is 0 Å². The molecule has 0 radical (unpaired) electrons. The molecule has 1 aromatic rings. The number of amides is 2. The maximum absolute atomic E-state index is 12.3. The molecular weight excluding hydrogens is 400 g/mol. The molecule has 1 fully saturated rings. The van der Waals surface area contributed by atoms with Gasteiger partial charge in [0.2, 0.25) is 0 Å². The minimum Gasteiger partial charge on any atom is -0.445 e. The molecule has 7 heteroatoms. The summed E-state index contributed by atoms with van der Waals surface area (Å²) >= 11 is 3.53. The number of alkyl carbamates (subject to hydrolysis) is 1. The summed E-state index contributed by atoms with van der Waals surface area (Å²) in [4.78, 5) is 25.9. The van der Waals surface area contributed by atoms with Crippen molar-refractivity contribution in [3.63, 3.8) is 0 Å². The molecule has 1 unspecified atom stereocenters. The zero-order valence-corrected chi connectivity index (χ0v) is 17.2. The average Bonchev–Trinajstić information content (AvgIpc) is 3.03. The van der Waals surface area contributed by atoms with E-state index >= 15 is 0 Å². The number of alkyl halides is 1. The first-order valence-corrected chi connectivity index (χ1v) is 9.84. The van der Waals surface area contributed by atoms with Gasteiger partial charge in [0.1, 0.15) is 12.2 Å². The van der Waals surface area contributed by atoms with Crippen LogP contribution in [0.1, 0.15) is 32.8 Å². The van der Waals surface area contributed by atoms with E-state index in [2.05, 4.69) is 21.2 Å². The first kappa shape index (κ1) is 20.6. The van der Waals surface area contributed by atoms with Gasteiger partial charge >= 0.3 is 12.2 Å². The summed E-state index contributed by atoms with van der Waals surface area (Å²) in [7, 11) is 0. The molecule has 0 spiro atoms. The molecule has 1 aliphatic rings. The Kier molecular flexibility index (Phi) is 6.92. The molecule has 26 heavy (non-hydrogen) atoms. The van der Waals surface area contributed by atoms with E-state index in [0.717, 1.165) is 12.0 Å². The number of carbonyl (C=O) groups is 2. The van der Waals surface area contributed by atoms with E-state index in [-0.39, 0.29) is 18.1 Å². The van der Waals surface area contributed by atoms with E-state index in [1.165, 1.54) is 0 Å². The molecule has 1 aromatic carbocycles. The molecule has 0 aliphatic carbocycles. The van der Waals surface area contributed by atoms with Crippen LogP contribution in [-0.2, 0) is 16.1 Å². The van der Waals surface area contributed by atoms with Crippen LogP contribution in [0, 0.1) is 5.41 Å². The fourth-order valence-corrected chi connectivity index (χ4v) is 3.43. The van der Waals surface area contributed by atoms with Crippen molar-refractivity contribution >= 4 is 28.1 Å². The fraction of sp³-hybridized carbons (Fsp3) is 0.579. The highest BCUT2D eigenvalue weighted by Gasteiger charge is 2.40. The second-order valence-electron chi connectivity index (χ2n) is 7.70. The third kappa shape index (κ3) is 6.20. The van der Waals surface area contributed by atoms with Crippen molar-refractivity contribution < 1.29 is 19.1 Å². The highest BCUT2D eigenvalue weighted by atomic mass is 79.9. The topological polar surface area (TPSA) is 67.9 Å². The predicted molar refractivity (Wildman–Crippen MR) is 103 cm³/mol. The molecule has 6 nitrogen and oxygen atoms in total. The standard InChI is InChI=1S/C19H27BrN2O4/c1-18(2,3)26-16(23)21-13-19(12-20)9-10-22(14-19)17(24)25-11-15-7-5-4-6-8-15/h4-8H,9-14H2,1-3H3,(H,21,23). The Bertz CT molecular complexity index is 618. The molecule has 1 heterocycles. The second-order valence-corrected chi connectivity index (χ2v) is 8.26. The van der Waals surface area contributed by atoms with E-state index in [4.69, 9.17) is 9.47 Å². The third-order valence-corrected chi connectivity index (χ3v) is 5.38. The monoisotopic (exact) mass is 426 g/mol. The highest BCUT2D eigenvalue weighted by molar-refractivity contribution is 9.09. The number of nitrogens with one attached hydrogen (secondary N) is 1. The van der Waals surface area contributed by atoms with Crippen molar-refractivity contribution in [2.45, 2.75) is 39.4 Å². The number of hydrogen-bond acceptors (Lipinski definition) is 4. The van der Waals surface area contributed by atoms with Gasteiger partial charge in [-0.1, -0.05) is 46.3 Å². The number of hydrogen-bond donors (Lipinski definition) is 1. The molecular formula is C19H27BrN2O4. The number of nitrogens with zero attached hydrogens (tertiary/aromatic N) is 1. The van der Waals surface area contributed by atoms with Crippen molar-refractivity contribution in [2.75, 3.05) is 25.0 Å². The predicted octanol–water partition coefficient (Wildman–Crippen LogP) is 3.93. The summed E-state index contributed by atoms with van der Waals surface area (Å²) in [5.74, 6) is 0. The number of rotatable bonds is 5. The Morgan fingerprint density at radius 2 is 1.96 bits per heavy atom. The van der Waals surface area contributed by atoms with Crippen molar-refractivity contribution in [2.24, 2.45) is 5.41 Å². The first-order valence-electron chi connectivity index (χ1n) is 8.71. The lowest BCUT2D eigenvalue weighted by Crippen LogP contribution is -2.43. The summed E-state index contributed by atoms with van der Waals surface area (Å²) in [5, 5.41) is 3.50. The van der Waals surface area contributed by atoms with Crippen molar-refractivity contribution in [1.82, 2.24) is 10.2 Å². The lowest BCUT2D eigenvalue weighted by Gasteiger charge is -2.28. The molecule has 2 amide bonds. The van der Waals surface area contributed by atoms with Gasteiger partial charge in [0.25, 0.3) is 0 Å². The van der Waals surface area contributed by atoms with Gasteiger partial charge in [-0.25, -0.2) is 9.59 Å². The number of likely N-dealkylation sites (tertiary alicyclic amines) is 1. The number of ether oxygens (including phenoxy) is 2. The summed E-state index contributed by atoms with van der Waals surface area (Å²) < 4.78 is 10.7. The third-order valence-electron chi connectivity index (χ3n) is 4.19. The molecule has 0 saturated carbocycles. The second kappa shape index (κ2) is 8.75. The maximum Gasteiger partial charge on any atom is 0.410 e. The van der Waals surface area contributed by atoms with Gasteiger partial charge in [0.05, 0.1) is 0 Å². The van der Waals surface area contributed by atoms with Gasteiger partial charge in [-0.3, -0.25) is 0 Å². The van der Waals surface area contributed by atoms with Crippen LogP contribution in [0.15, 0.2) is 30.3 Å². The highest BCUT2D eigenvalue weighted by Crippen LogP contribution is 2.32. The molecule has 144 valence electrons. The molecule has 0 bridgehead atoms. The SMILES string of the molecule is CC(C)(C)OC(=O)NCC1(CBr)CCN(C(=O)OCc2ccccc2)C1. The summed E-state index contributed by atoms with van der Waals surface area (Å²) in [5.41, 5.74) is 0.204. The molecule has 1 atom stereocenters. The minimum atomic E-state index is -0.533. The van der Waals surface area contributed by atoms with Crippen LogP contribution in [0.5, 0.6) is 0 Å². The Hall–Kier alpha value is -1.76. The molecule has 1 saturated heterocycles. The molecule has 0 aromatic heterocycles. The summed E-state index contributed by atoms with van der Waals surface area (Å²) in [6.45, 7) is 7.31. The van der Waals surface area contributed by atoms with Crippen molar-refractivity contribution in [3.05, 3.63) is 35.9 Å². The Labute approximate surface area is 163 Å². The summed E-state index contributed by atoms with van der Waals surface area (Å²) in [6, 6.07) is 9.60. The van der Waals surface area contributed by atoms with Crippen LogP contribution < -0.4 is 5.32 Å². The van der Waals surface area contributed by atoms with E-state index in [1.54, 1.807) is 4.90 Å². The minimum absolute atomic E-state index is 0.220. The van der Waals surface area contributed by atoms with Gasteiger partial charge < -0.3 is 19.7 Å². The lowest BCUT2D eigenvalue weighted by molar-refractivity contribution is 0.0505. The smallest absolute Gasteiger partial charge is 0.410 e. The van der Waals surface area contributed by atoms with Crippen molar-refractivity contribution in [1.29, 1.82) is 0 Å². The maximum atomic E-state index is 12.3. The zero-order valence-electron chi connectivity index (χ0n) is 15.6. The van der Waals surface area contributed by atoms with Gasteiger partial charge in [-0.15, -0.1) is 0 Å². The number of halogens is 1. The normalized spacial score (nSPS) is 19.9. The lowest BCUT2D eigenvalue weighted by atomic mass is 9.90. The van der Waals surface area contributed by atoms with Crippen molar-refractivity contribution in [3.8, 4) is 0 Å². The van der Waals surface area contributed by atoms with Crippen LogP contribution in [0.3, 0.4) is 0 Å².